The summed E-state index contributed by atoms with van der Waals surface area (Å²) in [7, 11) is 0. The molecule has 0 radical (unpaired) electrons. The van der Waals surface area contributed by atoms with Crippen LogP contribution in [0.15, 0.2) is 45.6 Å². The number of unbranched alkanes of at least 4 members (excludes halogenated alkanes) is 4. The summed E-state index contributed by atoms with van der Waals surface area (Å²) in [4.78, 5) is 44.4. The average molecular weight is 559 g/mol. The number of hydrogen-bond donors (Lipinski definition) is 0. The second-order valence-corrected chi connectivity index (χ2v) is 12.1. The molecule has 0 saturated carbocycles. The normalized spacial score (nSPS) is 16.9. The standard InChI is InChI=1S/C35H46N2O4/c38-31(13-5-1-7-19-36-21-9-3-10-22-36)27-15-17-33-29(25-27)35(40)30-26-28(16-18-34(30)41-33)32(39)14-6-2-8-20-37-23-11-4-12-24-37/h15-18,25-26H,1-14,19-24H2. The molecule has 6 heteroatoms. The zero-order valence-electron chi connectivity index (χ0n) is 24.6. The Morgan fingerprint density at radius 1 is 0.585 bits per heavy atom. The smallest absolute Gasteiger partial charge is 0.200 e. The number of piperidine rings is 2. The summed E-state index contributed by atoms with van der Waals surface area (Å²) in [6.45, 7) is 7.09. The largest absolute Gasteiger partial charge is 0.456 e. The van der Waals surface area contributed by atoms with Gasteiger partial charge in [-0.15, -0.1) is 0 Å². The predicted molar refractivity (Wildman–Crippen MR) is 166 cm³/mol. The molecule has 0 bridgehead atoms. The summed E-state index contributed by atoms with van der Waals surface area (Å²) in [5, 5.41) is 0.798. The molecule has 220 valence electrons. The van der Waals surface area contributed by atoms with E-state index in [0.717, 1.165) is 51.6 Å². The minimum atomic E-state index is -0.186. The van der Waals surface area contributed by atoms with Crippen LogP contribution in [-0.2, 0) is 0 Å². The van der Waals surface area contributed by atoms with Crippen molar-refractivity contribution in [3.63, 3.8) is 0 Å². The number of carbonyl (C=O) groups is 2. The van der Waals surface area contributed by atoms with Gasteiger partial charge in [-0.1, -0.05) is 25.7 Å². The Labute approximate surface area is 244 Å². The molecule has 2 aliphatic heterocycles. The molecule has 3 aromatic rings. The Morgan fingerprint density at radius 3 is 1.46 bits per heavy atom. The van der Waals surface area contributed by atoms with Gasteiger partial charge in [0.25, 0.3) is 0 Å². The van der Waals surface area contributed by atoms with Gasteiger partial charge >= 0.3 is 0 Å². The summed E-state index contributed by atoms with van der Waals surface area (Å²) >= 11 is 0. The van der Waals surface area contributed by atoms with Crippen LogP contribution in [0.2, 0.25) is 0 Å². The average Bonchev–Trinajstić information content (AvgIpc) is 3.01. The third kappa shape index (κ3) is 8.14. The van der Waals surface area contributed by atoms with E-state index in [1.165, 1.54) is 64.7 Å². The maximum absolute atomic E-state index is 13.4. The Morgan fingerprint density at radius 2 is 1.02 bits per heavy atom. The van der Waals surface area contributed by atoms with E-state index in [9.17, 15) is 14.4 Å². The van der Waals surface area contributed by atoms with Crippen molar-refractivity contribution in [3.8, 4) is 0 Å². The van der Waals surface area contributed by atoms with Gasteiger partial charge in [-0.2, -0.15) is 0 Å². The van der Waals surface area contributed by atoms with Crippen molar-refractivity contribution >= 4 is 33.5 Å². The molecule has 5 rings (SSSR count). The third-order valence-corrected chi connectivity index (χ3v) is 8.97. The lowest BCUT2D eigenvalue weighted by molar-refractivity contribution is 0.0970. The number of fused-ring (bicyclic) bond motifs is 2. The van der Waals surface area contributed by atoms with Gasteiger partial charge in [0.05, 0.1) is 10.8 Å². The van der Waals surface area contributed by atoms with E-state index in [0.29, 0.717) is 45.9 Å². The molecule has 2 aliphatic rings. The molecule has 1 aromatic heterocycles. The second kappa shape index (κ2) is 14.9. The highest BCUT2D eigenvalue weighted by molar-refractivity contribution is 6.02. The first-order valence-corrected chi connectivity index (χ1v) is 16.1. The molecule has 0 amide bonds. The maximum atomic E-state index is 13.4. The van der Waals surface area contributed by atoms with Crippen LogP contribution in [-0.4, -0.2) is 60.6 Å². The van der Waals surface area contributed by atoms with Crippen LogP contribution in [0.1, 0.15) is 111 Å². The van der Waals surface area contributed by atoms with Gasteiger partial charge in [0, 0.05) is 24.0 Å². The van der Waals surface area contributed by atoms with Crippen LogP contribution in [0.5, 0.6) is 0 Å². The van der Waals surface area contributed by atoms with Gasteiger partial charge in [-0.3, -0.25) is 14.4 Å². The highest BCUT2D eigenvalue weighted by Gasteiger charge is 2.15. The van der Waals surface area contributed by atoms with Gasteiger partial charge < -0.3 is 14.2 Å². The lowest BCUT2D eigenvalue weighted by atomic mass is 10.00. The SMILES string of the molecule is O=C(CCCCCN1CCCCC1)c1ccc2oc3ccc(C(=O)CCCCCN4CCCCC4)cc3c(=O)c2c1. The summed E-state index contributed by atoms with van der Waals surface area (Å²) in [5.74, 6) is 0.127. The zero-order chi connectivity index (χ0) is 28.4. The van der Waals surface area contributed by atoms with Crippen LogP contribution < -0.4 is 5.43 Å². The van der Waals surface area contributed by atoms with Crippen molar-refractivity contribution < 1.29 is 14.0 Å². The summed E-state index contributed by atoms with van der Waals surface area (Å²) in [6, 6.07) is 10.3. The highest BCUT2D eigenvalue weighted by atomic mass is 16.3. The van der Waals surface area contributed by atoms with Gasteiger partial charge in [0.1, 0.15) is 11.2 Å². The van der Waals surface area contributed by atoms with E-state index in [2.05, 4.69) is 9.80 Å². The van der Waals surface area contributed by atoms with E-state index in [4.69, 9.17) is 4.42 Å². The number of nitrogens with zero attached hydrogens (tertiary/aromatic N) is 2. The molecule has 0 aliphatic carbocycles. The lowest BCUT2D eigenvalue weighted by Gasteiger charge is -2.26. The van der Waals surface area contributed by atoms with Gasteiger partial charge in [-0.05, 0) is 127 Å². The number of rotatable bonds is 14. The molecule has 3 heterocycles. The minimum Gasteiger partial charge on any atom is -0.456 e. The second-order valence-electron chi connectivity index (χ2n) is 12.1. The summed E-state index contributed by atoms with van der Waals surface area (Å²) < 4.78 is 6.01. The van der Waals surface area contributed by atoms with Crippen molar-refractivity contribution in [2.45, 2.75) is 89.9 Å². The molecule has 2 fully saturated rings. The summed E-state index contributed by atoms with van der Waals surface area (Å²) in [6.07, 6.45) is 15.0. The predicted octanol–water partition coefficient (Wildman–Crippen LogP) is 7.40. The van der Waals surface area contributed by atoms with Gasteiger partial charge in [0.2, 0.25) is 5.43 Å². The zero-order valence-corrected chi connectivity index (χ0v) is 24.6. The van der Waals surface area contributed by atoms with Crippen molar-refractivity contribution in [1.29, 1.82) is 0 Å². The van der Waals surface area contributed by atoms with Gasteiger partial charge in [0.15, 0.2) is 11.6 Å². The fraction of sp³-hybridized carbons (Fsp3) is 0.571. The minimum absolute atomic E-state index is 0.0635. The molecule has 2 aromatic carbocycles. The Hall–Kier alpha value is -2.83. The lowest BCUT2D eigenvalue weighted by Crippen LogP contribution is -2.30. The van der Waals surface area contributed by atoms with Crippen LogP contribution >= 0.6 is 0 Å². The molecule has 0 spiro atoms. The maximum Gasteiger partial charge on any atom is 0.200 e. The molecule has 0 atom stereocenters. The van der Waals surface area contributed by atoms with Crippen molar-refractivity contribution in [2.24, 2.45) is 0 Å². The van der Waals surface area contributed by atoms with E-state index in [1.807, 2.05) is 0 Å². The first-order valence-electron chi connectivity index (χ1n) is 16.1. The molecule has 2 saturated heterocycles. The number of ketones is 2. The first kappa shape index (κ1) is 29.7. The summed E-state index contributed by atoms with van der Waals surface area (Å²) in [5.41, 5.74) is 1.85. The highest BCUT2D eigenvalue weighted by Crippen LogP contribution is 2.23. The molecular weight excluding hydrogens is 512 g/mol. The van der Waals surface area contributed by atoms with Gasteiger partial charge in [-0.25, -0.2) is 0 Å². The quantitative estimate of drug-likeness (QED) is 0.117. The van der Waals surface area contributed by atoms with Crippen molar-refractivity contribution in [2.75, 3.05) is 39.3 Å². The Kier molecular flexibility index (Phi) is 10.8. The van der Waals surface area contributed by atoms with E-state index in [1.54, 1.807) is 36.4 Å². The number of carbonyl (C=O) groups excluding carboxylic acids is 2. The van der Waals surface area contributed by atoms with Crippen LogP contribution in [0, 0.1) is 0 Å². The number of benzene rings is 2. The topological polar surface area (TPSA) is 70.8 Å². The third-order valence-electron chi connectivity index (χ3n) is 8.97. The Bertz CT molecular complexity index is 1280. The van der Waals surface area contributed by atoms with Crippen molar-refractivity contribution in [3.05, 3.63) is 57.7 Å². The van der Waals surface area contributed by atoms with Crippen molar-refractivity contribution in [1.82, 2.24) is 9.80 Å². The monoisotopic (exact) mass is 558 g/mol. The number of hydrogen-bond acceptors (Lipinski definition) is 6. The number of likely N-dealkylation sites (tertiary alicyclic amines) is 2. The first-order chi connectivity index (χ1) is 20.1. The molecular formula is C35H46N2O4. The number of Topliss-reactive ketones (excluding diaryl/α,β-unsaturated/α-hetero) is 2. The fourth-order valence-electron chi connectivity index (χ4n) is 6.45. The van der Waals surface area contributed by atoms with E-state index in [-0.39, 0.29) is 17.0 Å². The van der Waals surface area contributed by atoms with Crippen LogP contribution in [0.25, 0.3) is 21.9 Å². The molecule has 6 nitrogen and oxygen atoms in total. The van der Waals surface area contributed by atoms with Crippen LogP contribution in [0.3, 0.4) is 0 Å². The van der Waals surface area contributed by atoms with E-state index >= 15 is 0 Å². The fourth-order valence-corrected chi connectivity index (χ4v) is 6.45. The molecule has 0 N–H and O–H groups in total. The van der Waals surface area contributed by atoms with Crippen LogP contribution in [0.4, 0.5) is 0 Å². The molecule has 0 unspecified atom stereocenters. The Balaban J connectivity index is 1.16. The molecule has 41 heavy (non-hydrogen) atoms. The van der Waals surface area contributed by atoms with E-state index < -0.39 is 0 Å².